The molecule has 1 unspecified atom stereocenters. The Morgan fingerprint density at radius 3 is 2.59 bits per heavy atom. The van der Waals surface area contributed by atoms with Crippen molar-refractivity contribution in [3.63, 3.8) is 0 Å². The van der Waals surface area contributed by atoms with Crippen molar-refractivity contribution in [1.82, 2.24) is 0 Å². The van der Waals surface area contributed by atoms with Gasteiger partial charge in [-0.15, -0.1) is 0 Å². The van der Waals surface area contributed by atoms with Crippen molar-refractivity contribution < 1.29 is 19.4 Å². The molecule has 0 heterocycles. The fourth-order valence-corrected chi connectivity index (χ4v) is 1.56. The third kappa shape index (κ3) is 5.19. The summed E-state index contributed by atoms with van der Waals surface area (Å²) in [7, 11) is 0. The van der Waals surface area contributed by atoms with Gasteiger partial charge in [-0.3, -0.25) is 0 Å². The predicted octanol–water partition coefficient (Wildman–Crippen LogP) is 2.71. The minimum atomic E-state index is -0.953. The Kier molecular flexibility index (Phi) is 6.00. The highest BCUT2D eigenvalue weighted by Gasteiger charge is 2.16. The van der Waals surface area contributed by atoms with E-state index in [2.05, 4.69) is 15.9 Å². The molecule has 1 N–H and O–H groups in total. The lowest BCUT2D eigenvalue weighted by molar-refractivity contribution is -0.150. The lowest BCUT2D eigenvalue weighted by atomic mass is 10.2. The Bertz CT molecular complexity index is 350. The van der Waals surface area contributed by atoms with E-state index in [1.54, 1.807) is 6.92 Å². The van der Waals surface area contributed by atoms with E-state index in [-0.39, 0.29) is 0 Å². The van der Waals surface area contributed by atoms with E-state index in [9.17, 15) is 4.79 Å². The summed E-state index contributed by atoms with van der Waals surface area (Å²) in [6.45, 7) is 2.47. The Morgan fingerprint density at radius 1 is 1.41 bits per heavy atom. The number of halogens is 1. The fraction of sp³-hybridized carbons (Fsp3) is 0.417. The molecule has 1 rings (SSSR count). The van der Waals surface area contributed by atoms with E-state index in [1.165, 1.54) is 0 Å². The molecular formula is C12H15BrO4. The molecule has 0 spiro atoms. The summed E-state index contributed by atoms with van der Waals surface area (Å²) in [5, 5.41) is 8.85. The second kappa shape index (κ2) is 7.29. The van der Waals surface area contributed by atoms with Gasteiger partial charge in [-0.1, -0.05) is 15.9 Å². The molecule has 0 aliphatic carbocycles. The summed E-state index contributed by atoms with van der Waals surface area (Å²) in [5.74, 6) is -0.236. The number of hydrogen-bond acceptors (Lipinski definition) is 3. The molecule has 1 atom stereocenters. The van der Waals surface area contributed by atoms with Crippen molar-refractivity contribution >= 4 is 21.9 Å². The number of ether oxygens (including phenoxy) is 2. The fourth-order valence-electron chi connectivity index (χ4n) is 1.29. The molecule has 0 radical (unpaired) electrons. The number of carboxylic acids is 1. The van der Waals surface area contributed by atoms with Crippen molar-refractivity contribution in [3.8, 4) is 5.75 Å². The van der Waals surface area contributed by atoms with Crippen molar-refractivity contribution in [3.05, 3.63) is 28.7 Å². The van der Waals surface area contributed by atoms with Crippen LogP contribution in [0.1, 0.15) is 13.3 Å². The molecule has 1 aromatic carbocycles. The van der Waals surface area contributed by atoms with E-state index in [0.29, 0.717) is 25.4 Å². The molecule has 0 aliphatic rings. The highest BCUT2D eigenvalue weighted by atomic mass is 79.9. The van der Waals surface area contributed by atoms with E-state index in [0.717, 1.165) is 4.47 Å². The van der Waals surface area contributed by atoms with Gasteiger partial charge in [0.2, 0.25) is 0 Å². The maximum absolute atomic E-state index is 10.8. The van der Waals surface area contributed by atoms with Crippen LogP contribution in [-0.4, -0.2) is 30.4 Å². The number of aliphatic carboxylic acids is 1. The van der Waals surface area contributed by atoms with Crippen LogP contribution in [0.4, 0.5) is 0 Å². The van der Waals surface area contributed by atoms with E-state index < -0.39 is 12.1 Å². The Morgan fingerprint density at radius 2 is 2.06 bits per heavy atom. The number of carbonyl (C=O) groups is 1. The second-order valence-electron chi connectivity index (χ2n) is 3.37. The van der Waals surface area contributed by atoms with Crippen LogP contribution in [0, 0.1) is 0 Å². The number of carboxylic acid groups (broad SMARTS) is 1. The van der Waals surface area contributed by atoms with Gasteiger partial charge in [0, 0.05) is 17.5 Å². The first-order chi connectivity index (χ1) is 8.13. The Hall–Kier alpha value is -1.07. The summed E-state index contributed by atoms with van der Waals surface area (Å²) in [5.41, 5.74) is 0. The molecule has 0 amide bonds. The van der Waals surface area contributed by atoms with Gasteiger partial charge in [-0.25, -0.2) is 4.79 Å². The first-order valence-electron chi connectivity index (χ1n) is 5.36. The first-order valence-corrected chi connectivity index (χ1v) is 6.15. The summed E-state index contributed by atoms with van der Waals surface area (Å²) in [6, 6.07) is 7.38. The average Bonchev–Trinajstić information content (AvgIpc) is 2.30. The number of hydrogen-bond donors (Lipinski definition) is 1. The van der Waals surface area contributed by atoms with E-state index >= 15 is 0 Å². The molecule has 1 aromatic rings. The molecule has 0 fully saturated rings. The minimum Gasteiger partial charge on any atom is -0.493 e. The molecule has 94 valence electrons. The van der Waals surface area contributed by atoms with Gasteiger partial charge in [0.25, 0.3) is 0 Å². The lowest BCUT2D eigenvalue weighted by Crippen LogP contribution is -2.26. The zero-order valence-corrected chi connectivity index (χ0v) is 11.1. The molecule has 4 nitrogen and oxygen atoms in total. The molecule has 0 saturated carbocycles. The molecule has 5 heteroatoms. The van der Waals surface area contributed by atoms with Crippen LogP contribution in [0.15, 0.2) is 28.7 Å². The predicted molar refractivity (Wildman–Crippen MR) is 67.3 cm³/mol. The zero-order chi connectivity index (χ0) is 12.7. The molecule has 0 bridgehead atoms. The standard InChI is InChI=1S/C12H15BrO4/c1-2-16-11(12(14)15)7-8-17-10-5-3-9(13)4-6-10/h3-6,11H,2,7-8H2,1H3,(H,14,15). The number of rotatable bonds is 7. The topological polar surface area (TPSA) is 55.8 Å². The molecule has 17 heavy (non-hydrogen) atoms. The molecular weight excluding hydrogens is 288 g/mol. The summed E-state index contributed by atoms with van der Waals surface area (Å²) >= 11 is 3.32. The highest BCUT2D eigenvalue weighted by Crippen LogP contribution is 2.16. The Labute approximate surface area is 109 Å². The largest absolute Gasteiger partial charge is 0.493 e. The lowest BCUT2D eigenvalue weighted by Gasteiger charge is -2.12. The van der Waals surface area contributed by atoms with Crippen LogP contribution >= 0.6 is 15.9 Å². The van der Waals surface area contributed by atoms with Gasteiger partial charge >= 0.3 is 5.97 Å². The maximum Gasteiger partial charge on any atom is 0.332 e. The second-order valence-corrected chi connectivity index (χ2v) is 4.29. The summed E-state index contributed by atoms with van der Waals surface area (Å²) in [4.78, 5) is 10.8. The smallest absolute Gasteiger partial charge is 0.332 e. The highest BCUT2D eigenvalue weighted by molar-refractivity contribution is 9.10. The number of benzene rings is 1. The average molecular weight is 303 g/mol. The van der Waals surface area contributed by atoms with E-state index in [4.69, 9.17) is 14.6 Å². The Balaban J connectivity index is 2.35. The van der Waals surface area contributed by atoms with Crippen molar-refractivity contribution in [1.29, 1.82) is 0 Å². The van der Waals surface area contributed by atoms with Crippen LogP contribution in [0.25, 0.3) is 0 Å². The SMILES string of the molecule is CCOC(CCOc1ccc(Br)cc1)C(=O)O. The molecule has 0 aromatic heterocycles. The van der Waals surface area contributed by atoms with E-state index in [1.807, 2.05) is 24.3 Å². The van der Waals surface area contributed by atoms with Crippen LogP contribution in [-0.2, 0) is 9.53 Å². The third-order valence-corrected chi connectivity index (χ3v) is 2.63. The van der Waals surface area contributed by atoms with Gasteiger partial charge in [0.05, 0.1) is 6.61 Å². The van der Waals surface area contributed by atoms with Gasteiger partial charge in [-0.2, -0.15) is 0 Å². The quantitative estimate of drug-likeness (QED) is 0.841. The normalized spacial score (nSPS) is 12.1. The zero-order valence-electron chi connectivity index (χ0n) is 9.56. The van der Waals surface area contributed by atoms with Crippen LogP contribution < -0.4 is 4.74 Å². The molecule has 0 aliphatic heterocycles. The van der Waals surface area contributed by atoms with Gasteiger partial charge in [0.1, 0.15) is 5.75 Å². The summed E-state index contributed by atoms with van der Waals surface area (Å²) in [6.07, 6.45) is -0.463. The van der Waals surface area contributed by atoms with Gasteiger partial charge in [-0.05, 0) is 31.2 Å². The first kappa shape index (κ1) is 14.0. The maximum atomic E-state index is 10.8. The van der Waals surface area contributed by atoms with Crippen molar-refractivity contribution in [2.24, 2.45) is 0 Å². The van der Waals surface area contributed by atoms with Crippen LogP contribution in [0.5, 0.6) is 5.75 Å². The third-order valence-electron chi connectivity index (χ3n) is 2.11. The van der Waals surface area contributed by atoms with Crippen LogP contribution in [0.3, 0.4) is 0 Å². The summed E-state index contributed by atoms with van der Waals surface area (Å²) < 4.78 is 11.5. The molecule has 0 saturated heterocycles. The monoisotopic (exact) mass is 302 g/mol. The van der Waals surface area contributed by atoms with Crippen molar-refractivity contribution in [2.75, 3.05) is 13.2 Å². The van der Waals surface area contributed by atoms with Crippen molar-refractivity contribution in [2.45, 2.75) is 19.4 Å². The van der Waals surface area contributed by atoms with Gasteiger partial charge in [0.15, 0.2) is 6.10 Å². The van der Waals surface area contributed by atoms with Crippen LogP contribution in [0.2, 0.25) is 0 Å². The minimum absolute atomic E-state index is 0.318. The van der Waals surface area contributed by atoms with Gasteiger partial charge < -0.3 is 14.6 Å².